The van der Waals surface area contributed by atoms with Crippen molar-refractivity contribution in [2.75, 3.05) is 50.1 Å². The van der Waals surface area contributed by atoms with E-state index in [1.165, 1.54) is 17.0 Å². The summed E-state index contributed by atoms with van der Waals surface area (Å²) in [6, 6.07) is 8.04. The van der Waals surface area contributed by atoms with E-state index in [2.05, 4.69) is 27.3 Å². The normalized spacial score (nSPS) is 14.7. The molecule has 7 heteroatoms. The zero-order valence-electron chi connectivity index (χ0n) is 13.1. The molecule has 1 aliphatic heterocycles. The molecular weight excluding hydrogens is 312 g/mol. The van der Waals surface area contributed by atoms with Gasteiger partial charge in [0.25, 0.3) is 0 Å². The van der Waals surface area contributed by atoms with Gasteiger partial charge in [0, 0.05) is 43.4 Å². The maximum Gasteiger partial charge on any atom is 0.242 e. The number of ether oxygens (including phenoxy) is 1. The number of benzene rings is 1. The number of anilines is 2. The number of hydrogen-bond acceptors (Lipinski definition) is 6. The molecule has 23 heavy (non-hydrogen) atoms. The molecule has 2 heterocycles. The maximum absolute atomic E-state index is 12.2. The number of rotatable bonds is 5. The number of hydrogen-bond donors (Lipinski definition) is 1. The lowest BCUT2D eigenvalue weighted by molar-refractivity contribution is -0.129. The third-order valence-corrected chi connectivity index (χ3v) is 4.62. The van der Waals surface area contributed by atoms with Crippen molar-refractivity contribution in [3.05, 3.63) is 35.8 Å². The van der Waals surface area contributed by atoms with Crippen LogP contribution in [0, 0.1) is 0 Å². The summed E-state index contributed by atoms with van der Waals surface area (Å²) in [6.07, 6.45) is 1.73. The van der Waals surface area contributed by atoms with Crippen LogP contribution in [0.25, 0.3) is 0 Å². The predicted molar refractivity (Wildman–Crippen MR) is 92.4 cm³/mol. The number of methoxy groups -OCH3 is 1. The Morgan fingerprint density at radius 1 is 1.26 bits per heavy atom. The van der Waals surface area contributed by atoms with Gasteiger partial charge in [-0.15, -0.1) is 11.3 Å². The van der Waals surface area contributed by atoms with Crippen LogP contribution in [-0.4, -0.2) is 55.6 Å². The molecule has 1 saturated heterocycles. The van der Waals surface area contributed by atoms with Crippen molar-refractivity contribution >= 4 is 28.1 Å². The second-order valence-corrected chi connectivity index (χ2v) is 6.15. The summed E-state index contributed by atoms with van der Waals surface area (Å²) in [6.45, 7) is 3.47. The second-order valence-electron chi connectivity index (χ2n) is 5.26. The fourth-order valence-corrected chi connectivity index (χ4v) is 3.11. The number of carbonyl (C=O) groups excluding carboxylic acids is 1. The van der Waals surface area contributed by atoms with E-state index >= 15 is 0 Å². The number of piperazine rings is 1. The zero-order chi connectivity index (χ0) is 16.1. The first-order chi connectivity index (χ1) is 11.3. The van der Waals surface area contributed by atoms with Gasteiger partial charge < -0.3 is 19.9 Å². The summed E-state index contributed by atoms with van der Waals surface area (Å²) in [5.74, 6) is 0.977. The molecule has 0 bridgehead atoms. The molecule has 0 saturated carbocycles. The SMILES string of the molecule is COc1ccc(N2CCN(C(=O)CNc3nccs3)CC2)cc1. The largest absolute Gasteiger partial charge is 0.497 e. The standard InChI is InChI=1S/C16H20N4O2S/c1-22-14-4-2-13(3-5-14)19-7-9-20(10-8-19)15(21)12-18-16-17-6-11-23-16/h2-6,11H,7-10,12H2,1H3,(H,17,18). The molecule has 0 radical (unpaired) electrons. The van der Waals surface area contributed by atoms with E-state index < -0.39 is 0 Å². The van der Waals surface area contributed by atoms with Gasteiger partial charge >= 0.3 is 0 Å². The Balaban J connectivity index is 1.48. The highest BCUT2D eigenvalue weighted by atomic mass is 32.1. The lowest BCUT2D eigenvalue weighted by Crippen LogP contribution is -2.50. The minimum absolute atomic E-state index is 0.120. The summed E-state index contributed by atoms with van der Waals surface area (Å²) < 4.78 is 5.18. The van der Waals surface area contributed by atoms with Gasteiger partial charge in [0.05, 0.1) is 13.7 Å². The zero-order valence-corrected chi connectivity index (χ0v) is 13.9. The van der Waals surface area contributed by atoms with E-state index in [0.717, 1.165) is 37.1 Å². The van der Waals surface area contributed by atoms with Crippen molar-refractivity contribution in [3.8, 4) is 5.75 Å². The van der Waals surface area contributed by atoms with Crippen LogP contribution in [0.1, 0.15) is 0 Å². The van der Waals surface area contributed by atoms with Crippen LogP contribution in [0.2, 0.25) is 0 Å². The molecule has 6 nitrogen and oxygen atoms in total. The highest BCUT2D eigenvalue weighted by Crippen LogP contribution is 2.20. The van der Waals surface area contributed by atoms with Crippen LogP contribution >= 0.6 is 11.3 Å². The quantitative estimate of drug-likeness (QED) is 0.906. The van der Waals surface area contributed by atoms with Gasteiger partial charge in [-0.25, -0.2) is 4.98 Å². The van der Waals surface area contributed by atoms with Crippen molar-refractivity contribution in [2.45, 2.75) is 0 Å². The van der Waals surface area contributed by atoms with Crippen LogP contribution in [0.5, 0.6) is 5.75 Å². The number of thiazole rings is 1. The molecule has 1 aromatic heterocycles. The molecule has 122 valence electrons. The highest BCUT2D eigenvalue weighted by Gasteiger charge is 2.21. The van der Waals surface area contributed by atoms with Crippen molar-refractivity contribution in [1.29, 1.82) is 0 Å². The van der Waals surface area contributed by atoms with Gasteiger partial charge in [-0.2, -0.15) is 0 Å². The van der Waals surface area contributed by atoms with Crippen LogP contribution in [0.3, 0.4) is 0 Å². The van der Waals surface area contributed by atoms with Gasteiger partial charge in [0.2, 0.25) is 5.91 Å². The van der Waals surface area contributed by atoms with Crippen LogP contribution in [0.4, 0.5) is 10.8 Å². The van der Waals surface area contributed by atoms with Gasteiger partial charge in [-0.1, -0.05) is 0 Å². The Labute approximate surface area is 139 Å². The topological polar surface area (TPSA) is 57.7 Å². The predicted octanol–water partition coefficient (Wildman–Crippen LogP) is 1.91. The van der Waals surface area contributed by atoms with E-state index in [1.54, 1.807) is 13.3 Å². The molecule has 1 aliphatic rings. The van der Waals surface area contributed by atoms with E-state index in [1.807, 2.05) is 22.4 Å². The summed E-state index contributed by atoms with van der Waals surface area (Å²) in [4.78, 5) is 20.5. The van der Waals surface area contributed by atoms with Crippen LogP contribution in [0.15, 0.2) is 35.8 Å². The van der Waals surface area contributed by atoms with Crippen molar-refractivity contribution in [3.63, 3.8) is 0 Å². The molecule has 1 aromatic carbocycles. The van der Waals surface area contributed by atoms with E-state index in [-0.39, 0.29) is 5.91 Å². The average Bonchev–Trinajstić information content (AvgIpc) is 3.13. The van der Waals surface area contributed by atoms with Crippen molar-refractivity contribution in [2.24, 2.45) is 0 Å². The third-order valence-electron chi connectivity index (χ3n) is 3.89. The lowest BCUT2D eigenvalue weighted by atomic mass is 10.2. The molecule has 1 amide bonds. The molecule has 2 aromatic rings. The first-order valence-electron chi connectivity index (χ1n) is 7.56. The third kappa shape index (κ3) is 3.92. The van der Waals surface area contributed by atoms with E-state index in [4.69, 9.17) is 4.74 Å². The highest BCUT2D eigenvalue weighted by molar-refractivity contribution is 7.13. The number of amides is 1. The Morgan fingerprint density at radius 3 is 2.61 bits per heavy atom. The number of aromatic nitrogens is 1. The van der Waals surface area contributed by atoms with Gasteiger partial charge in [-0.3, -0.25) is 4.79 Å². The Bertz CT molecular complexity index is 622. The number of nitrogens with zero attached hydrogens (tertiary/aromatic N) is 3. The van der Waals surface area contributed by atoms with Crippen molar-refractivity contribution in [1.82, 2.24) is 9.88 Å². The van der Waals surface area contributed by atoms with Crippen molar-refractivity contribution < 1.29 is 9.53 Å². The van der Waals surface area contributed by atoms with E-state index in [0.29, 0.717) is 6.54 Å². The Hall–Kier alpha value is -2.28. The molecular formula is C16H20N4O2S. The number of nitrogens with one attached hydrogen (secondary N) is 1. The lowest BCUT2D eigenvalue weighted by Gasteiger charge is -2.36. The Morgan fingerprint density at radius 2 is 2.00 bits per heavy atom. The molecule has 0 aliphatic carbocycles. The summed E-state index contributed by atoms with van der Waals surface area (Å²) in [5, 5.41) is 5.74. The second kappa shape index (κ2) is 7.32. The smallest absolute Gasteiger partial charge is 0.242 e. The monoisotopic (exact) mass is 332 g/mol. The fourth-order valence-electron chi connectivity index (χ4n) is 2.58. The maximum atomic E-state index is 12.2. The average molecular weight is 332 g/mol. The summed E-state index contributed by atoms with van der Waals surface area (Å²) in [5.41, 5.74) is 1.17. The van der Waals surface area contributed by atoms with E-state index in [9.17, 15) is 4.79 Å². The summed E-state index contributed by atoms with van der Waals surface area (Å²) >= 11 is 1.50. The minimum atomic E-state index is 0.120. The molecule has 0 atom stereocenters. The summed E-state index contributed by atoms with van der Waals surface area (Å²) in [7, 11) is 1.67. The number of carbonyl (C=O) groups is 1. The molecule has 1 N–H and O–H groups in total. The first-order valence-corrected chi connectivity index (χ1v) is 8.44. The molecule has 0 unspecified atom stereocenters. The molecule has 3 rings (SSSR count). The van der Waals surface area contributed by atoms with Crippen LogP contribution in [-0.2, 0) is 4.79 Å². The van der Waals surface area contributed by atoms with Gasteiger partial charge in [-0.05, 0) is 24.3 Å². The van der Waals surface area contributed by atoms with Gasteiger partial charge in [0.15, 0.2) is 5.13 Å². The molecule has 0 spiro atoms. The molecule has 1 fully saturated rings. The van der Waals surface area contributed by atoms with Crippen LogP contribution < -0.4 is 15.0 Å². The Kier molecular flexibility index (Phi) is 4.97. The minimum Gasteiger partial charge on any atom is -0.497 e. The van der Waals surface area contributed by atoms with Gasteiger partial charge in [0.1, 0.15) is 5.75 Å². The first kappa shape index (κ1) is 15.6. The fraction of sp³-hybridized carbons (Fsp3) is 0.375.